The zero-order valence-electron chi connectivity index (χ0n) is 10.1. The zero-order valence-corrected chi connectivity index (χ0v) is 10.1. The summed E-state index contributed by atoms with van der Waals surface area (Å²) in [5, 5.41) is 2.66. The molecule has 1 rings (SSSR count). The second-order valence-corrected chi connectivity index (χ2v) is 4.41. The van der Waals surface area contributed by atoms with Gasteiger partial charge in [0.1, 0.15) is 0 Å². The maximum atomic E-state index is 13.1. The van der Waals surface area contributed by atoms with Crippen LogP contribution in [0.25, 0.3) is 0 Å². The van der Waals surface area contributed by atoms with E-state index < -0.39 is 17.6 Å². The molecule has 0 aromatic carbocycles. The molecule has 0 fully saturated rings. The lowest BCUT2D eigenvalue weighted by Gasteiger charge is -2.07. The van der Waals surface area contributed by atoms with Crippen LogP contribution in [0.1, 0.15) is 33.1 Å². The minimum absolute atomic E-state index is 0.228. The highest BCUT2D eigenvalue weighted by Crippen LogP contribution is 2.14. The summed E-state index contributed by atoms with van der Waals surface area (Å²) in [7, 11) is 0. The number of nitrogens with zero attached hydrogens (tertiary/aromatic N) is 1. The van der Waals surface area contributed by atoms with Crippen LogP contribution in [0.5, 0.6) is 0 Å². The quantitative estimate of drug-likeness (QED) is 0.611. The molecule has 0 unspecified atom stereocenters. The van der Waals surface area contributed by atoms with E-state index in [4.69, 9.17) is 0 Å². The normalized spacial score (nSPS) is 10.9. The van der Waals surface area contributed by atoms with Crippen LogP contribution in [0.3, 0.4) is 0 Å². The molecule has 0 spiro atoms. The number of hydrogen-bond donors (Lipinski definition) is 1. The van der Waals surface area contributed by atoms with Gasteiger partial charge in [-0.15, -0.1) is 0 Å². The lowest BCUT2D eigenvalue weighted by Crippen LogP contribution is -2.08. The molecule has 0 atom stereocenters. The van der Waals surface area contributed by atoms with Crippen molar-refractivity contribution in [1.82, 2.24) is 4.98 Å². The lowest BCUT2D eigenvalue weighted by molar-refractivity contribution is 0.466. The molecule has 0 radical (unpaired) electrons. The van der Waals surface area contributed by atoms with E-state index in [1.807, 2.05) is 0 Å². The fourth-order valence-electron chi connectivity index (χ4n) is 1.45. The van der Waals surface area contributed by atoms with Gasteiger partial charge in [-0.3, -0.25) is 0 Å². The number of hydrogen-bond acceptors (Lipinski definition) is 2. The van der Waals surface area contributed by atoms with E-state index in [0.717, 1.165) is 19.3 Å². The average Bonchev–Trinajstić information content (AvgIpc) is 2.24. The third-order valence-electron chi connectivity index (χ3n) is 2.39. The fourth-order valence-corrected chi connectivity index (χ4v) is 1.45. The van der Waals surface area contributed by atoms with Crippen LogP contribution in [0.2, 0.25) is 0 Å². The van der Waals surface area contributed by atoms with Crippen LogP contribution < -0.4 is 5.32 Å². The van der Waals surface area contributed by atoms with Crippen molar-refractivity contribution in [3.8, 4) is 0 Å². The predicted molar refractivity (Wildman–Crippen MR) is 61.3 cm³/mol. The summed E-state index contributed by atoms with van der Waals surface area (Å²) in [5.41, 5.74) is 0. The first-order valence-electron chi connectivity index (χ1n) is 5.76. The first-order valence-corrected chi connectivity index (χ1v) is 5.76. The Morgan fingerprint density at radius 2 is 1.88 bits per heavy atom. The molecule has 1 aromatic heterocycles. The topological polar surface area (TPSA) is 24.9 Å². The summed E-state index contributed by atoms with van der Waals surface area (Å²) in [5.74, 6) is -3.02. The molecule has 2 nitrogen and oxygen atoms in total. The Morgan fingerprint density at radius 3 is 2.53 bits per heavy atom. The first kappa shape index (κ1) is 13.8. The molecule has 0 saturated carbocycles. The third kappa shape index (κ3) is 4.63. The van der Waals surface area contributed by atoms with Crippen LogP contribution in [0, 0.1) is 23.5 Å². The van der Waals surface area contributed by atoms with Crippen LogP contribution >= 0.6 is 0 Å². The van der Waals surface area contributed by atoms with Crippen molar-refractivity contribution in [2.75, 3.05) is 11.9 Å². The van der Waals surface area contributed by atoms with Crippen LogP contribution in [0.15, 0.2) is 6.07 Å². The molecule has 5 heteroatoms. The maximum Gasteiger partial charge on any atom is 0.251 e. The Morgan fingerprint density at radius 1 is 1.18 bits per heavy atom. The van der Waals surface area contributed by atoms with Gasteiger partial charge in [0.25, 0.3) is 5.95 Å². The highest BCUT2D eigenvalue weighted by Gasteiger charge is 2.10. The molecule has 0 aliphatic rings. The number of rotatable bonds is 6. The number of anilines is 1. The van der Waals surface area contributed by atoms with Crippen LogP contribution in [-0.2, 0) is 0 Å². The predicted octanol–water partition coefficient (Wildman–Crippen LogP) is 3.74. The summed E-state index contributed by atoms with van der Waals surface area (Å²) in [6, 6.07) is 0.499. The van der Waals surface area contributed by atoms with Crippen molar-refractivity contribution >= 4 is 5.82 Å². The van der Waals surface area contributed by atoms with E-state index in [2.05, 4.69) is 24.1 Å². The number of halogens is 3. The second-order valence-electron chi connectivity index (χ2n) is 4.41. The molecule has 0 aliphatic carbocycles. The maximum absolute atomic E-state index is 13.1. The number of pyridine rings is 1. The molecule has 17 heavy (non-hydrogen) atoms. The average molecular weight is 246 g/mol. The van der Waals surface area contributed by atoms with E-state index >= 15 is 0 Å². The van der Waals surface area contributed by atoms with Crippen molar-refractivity contribution < 1.29 is 13.2 Å². The fraction of sp³-hybridized carbons (Fsp3) is 0.583. The van der Waals surface area contributed by atoms with Gasteiger partial charge in [0.05, 0.1) is 0 Å². The zero-order chi connectivity index (χ0) is 12.8. The first-order chi connectivity index (χ1) is 8.00. The Balaban J connectivity index is 2.39. The number of unbranched alkanes of at least 4 members (excludes halogenated alkanes) is 1. The standard InChI is InChI=1S/C12H17F3N2/c1-8(2)5-3-4-6-16-12-10(14)7-9(13)11(15)17-12/h7-8H,3-6H2,1-2H3,(H,16,17). The highest BCUT2D eigenvalue weighted by atomic mass is 19.2. The van der Waals surface area contributed by atoms with Crippen molar-refractivity contribution in [3.63, 3.8) is 0 Å². The highest BCUT2D eigenvalue weighted by molar-refractivity contribution is 5.35. The van der Waals surface area contributed by atoms with Gasteiger partial charge in [-0.25, -0.2) is 8.78 Å². The van der Waals surface area contributed by atoms with Crippen molar-refractivity contribution in [3.05, 3.63) is 23.6 Å². The Labute approximate surface area is 99.3 Å². The number of nitrogens with one attached hydrogen (secondary N) is 1. The van der Waals surface area contributed by atoms with E-state index in [0.29, 0.717) is 18.5 Å². The molecule has 1 N–H and O–H groups in total. The molecular formula is C12H17F3N2. The minimum atomic E-state index is -1.28. The summed E-state index contributed by atoms with van der Waals surface area (Å²) in [6.07, 6.45) is 2.95. The van der Waals surface area contributed by atoms with E-state index in [1.165, 1.54) is 0 Å². The van der Waals surface area contributed by atoms with Gasteiger partial charge in [-0.05, 0) is 12.3 Å². The van der Waals surface area contributed by atoms with Crippen molar-refractivity contribution in [1.29, 1.82) is 0 Å². The smallest absolute Gasteiger partial charge is 0.251 e. The Hall–Kier alpha value is -1.26. The van der Waals surface area contributed by atoms with Gasteiger partial charge in [0.2, 0.25) is 0 Å². The largest absolute Gasteiger partial charge is 0.368 e. The summed E-state index contributed by atoms with van der Waals surface area (Å²) >= 11 is 0. The third-order valence-corrected chi connectivity index (χ3v) is 2.39. The molecule has 96 valence electrons. The van der Waals surface area contributed by atoms with Gasteiger partial charge in [-0.2, -0.15) is 9.37 Å². The van der Waals surface area contributed by atoms with Crippen molar-refractivity contribution in [2.45, 2.75) is 33.1 Å². The molecule has 0 bridgehead atoms. The van der Waals surface area contributed by atoms with Gasteiger partial charge in [0, 0.05) is 12.6 Å². The van der Waals surface area contributed by atoms with Gasteiger partial charge in [-0.1, -0.05) is 26.7 Å². The number of aromatic nitrogens is 1. The Bertz CT molecular complexity index is 367. The minimum Gasteiger partial charge on any atom is -0.368 e. The molecule has 1 aromatic rings. The van der Waals surface area contributed by atoms with Crippen molar-refractivity contribution in [2.24, 2.45) is 5.92 Å². The van der Waals surface area contributed by atoms with Crippen LogP contribution in [0.4, 0.5) is 19.0 Å². The molecular weight excluding hydrogens is 229 g/mol. The molecule has 0 amide bonds. The molecule has 0 saturated heterocycles. The van der Waals surface area contributed by atoms with Gasteiger partial charge < -0.3 is 5.32 Å². The lowest BCUT2D eigenvalue weighted by atomic mass is 10.1. The SMILES string of the molecule is CC(C)CCCCNc1nc(F)c(F)cc1F. The Kier molecular flexibility index (Phi) is 5.25. The summed E-state index contributed by atoms with van der Waals surface area (Å²) < 4.78 is 38.5. The monoisotopic (exact) mass is 246 g/mol. The van der Waals surface area contributed by atoms with Crippen LogP contribution in [-0.4, -0.2) is 11.5 Å². The molecule has 0 aliphatic heterocycles. The van der Waals surface area contributed by atoms with Gasteiger partial charge in [0.15, 0.2) is 17.5 Å². The van der Waals surface area contributed by atoms with Gasteiger partial charge >= 0.3 is 0 Å². The van der Waals surface area contributed by atoms with E-state index in [9.17, 15) is 13.2 Å². The summed E-state index contributed by atoms with van der Waals surface area (Å²) in [4.78, 5) is 3.18. The van der Waals surface area contributed by atoms with E-state index in [-0.39, 0.29) is 5.82 Å². The summed E-state index contributed by atoms with van der Waals surface area (Å²) in [6.45, 7) is 4.76. The second kappa shape index (κ2) is 6.47. The molecule has 1 heterocycles. The van der Waals surface area contributed by atoms with E-state index in [1.54, 1.807) is 0 Å².